The first kappa shape index (κ1) is 4.62. The van der Waals surface area contributed by atoms with E-state index in [2.05, 4.69) is 0 Å². The van der Waals surface area contributed by atoms with Crippen molar-refractivity contribution in [3.05, 3.63) is 41.3 Å². The summed E-state index contributed by atoms with van der Waals surface area (Å²) in [5.74, 6) is 0. The largest absolute Gasteiger partial charge is 0.455 e. The number of rotatable bonds is 0. The van der Waals surface area contributed by atoms with Crippen molar-refractivity contribution in [2.24, 2.45) is 0 Å². The van der Waals surface area contributed by atoms with Crippen LogP contribution >= 0.6 is 11.6 Å². The highest BCUT2D eigenvalue weighted by molar-refractivity contribution is 6.36. The minimum Gasteiger partial charge on any atom is -0.455 e. The standard InChI is InChI=1S/C12H6BClO/c13-7-4-5-8-9-2-1-3-10(14)12(9)15-11(8)6-7/h1-6H/i1D,2D,3D,4D,5D,6D. The molecule has 15 heavy (non-hydrogen) atoms. The van der Waals surface area contributed by atoms with Crippen LogP contribution in [-0.2, 0) is 0 Å². The van der Waals surface area contributed by atoms with Crippen molar-refractivity contribution in [1.29, 1.82) is 0 Å². The quantitative estimate of drug-likeness (QED) is 0.529. The summed E-state index contributed by atoms with van der Waals surface area (Å²) in [6.45, 7) is 0. The highest BCUT2D eigenvalue weighted by Gasteiger charge is 2.08. The van der Waals surface area contributed by atoms with Crippen molar-refractivity contribution in [1.82, 2.24) is 0 Å². The molecule has 0 saturated heterocycles. The Hall–Kier alpha value is -1.41. The Labute approximate surface area is 101 Å². The van der Waals surface area contributed by atoms with E-state index in [1.165, 1.54) is 0 Å². The van der Waals surface area contributed by atoms with Gasteiger partial charge in [-0.1, -0.05) is 41.2 Å². The number of furan rings is 1. The normalized spacial score (nSPS) is 16.9. The minimum atomic E-state index is -0.399. The zero-order valence-electron chi connectivity index (χ0n) is 13.4. The molecule has 2 aromatic carbocycles. The fraction of sp³-hybridized carbons (Fsp3) is 0. The van der Waals surface area contributed by atoms with Gasteiger partial charge in [0.05, 0.1) is 13.2 Å². The van der Waals surface area contributed by atoms with Gasteiger partial charge >= 0.3 is 0 Å². The third-order valence-electron chi connectivity index (χ3n) is 2.04. The lowest BCUT2D eigenvalue weighted by atomic mass is 9.95. The van der Waals surface area contributed by atoms with E-state index in [0.29, 0.717) is 0 Å². The molecule has 70 valence electrons. The van der Waals surface area contributed by atoms with Gasteiger partial charge in [0.2, 0.25) is 0 Å². The lowest BCUT2D eigenvalue weighted by Crippen LogP contribution is -1.98. The van der Waals surface area contributed by atoms with Crippen LogP contribution in [0.25, 0.3) is 21.9 Å². The molecule has 0 bridgehead atoms. The summed E-state index contributed by atoms with van der Waals surface area (Å²) >= 11 is 5.97. The molecule has 0 atom stereocenters. The molecule has 0 amide bonds. The van der Waals surface area contributed by atoms with Crippen molar-refractivity contribution in [2.75, 3.05) is 0 Å². The summed E-state index contributed by atoms with van der Waals surface area (Å²) < 4.78 is 52.4. The number of benzene rings is 2. The molecule has 1 aromatic heterocycles. The number of halogens is 1. The number of para-hydroxylation sites is 1. The summed E-state index contributed by atoms with van der Waals surface area (Å²) in [6, 6.07) is -1.98. The second kappa shape index (κ2) is 3.04. The lowest BCUT2D eigenvalue weighted by Gasteiger charge is -1.91. The van der Waals surface area contributed by atoms with E-state index in [1.807, 2.05) is 0 Å². The number of hydrogen-bond acceptors (Lipinski definition) is 1. The molecule has 2 radical (unpaired) electrons. The number of hydrogen-bond donors (Lipinski definition) is 0. The molecule has 0 aliphatic rings. The molecule has 3 heteroatoms. The Morgan fingerprint density at radius 1 is 1.20 bits per heavy atom. The Kier molecular flexibility index (Phi) is 0.938. The first-order valence-electron chi connectivity index (χ1n) is 7.14. The summed E-state index contributed by atoms with van der Waals surface area (Å²) in [5, 5.41) is -0.0521. The van der Waals surface area contributed by atoms with Crippen molar-refractivity contribution in [2.45, 2.75) is 0 Å². The van der Waals surface area contributed by atoms with Crippen molar-refractivity contribution in [3.8, 4) is 0 Å². The molecule has 0 spiro atoms. The predicted molar refractivity (Wildman–Crippen MR) is 64.1 cm³/mol. The Bertz CT molecular complexity index is 861. The summed E-state index contributed by atoms with van der Waals surface area (Å²) in [7, 11) is 5.60. The van der Waals surface area contributed by atoms with Gasteiger partial charge in [-0.15, -0.1) is 0 Å². The molecule has 3 aromatic rings. The molecule has 0 aliphatic heterocycles. The van der Waals surface area contributed by atoms with Gasteiger partial charge in [0.25, 0.3) is 0 Å². The van der Waals surface area contributed by atoms with Gasteiger partial charge in [-0.05, 0) is 12.1 Å². The van der Waals surface area contributed by atoms with E-state index in [9.17, 15) is 0 Å². The van der Waals surface area contributed by atoms with E-state index in [1.54, 1.807) is 0 Å². The van der Waals surface area contributed by atoms with E-state index >= 15 is 0 Å². The fourth-order valence-corrected chi connectivity index (χ4v) is 1.58. The molecular weight excluding hydrogens is 206 g/mol. The molecule has 3 rings (SSSR count). The minimum absolute atomic E-state index is 0.0373. The van der Waals surface area contributed by atoms with Gasteiger partial charge in [-0.25, -0.2) is 0 Å². The highest BCUT2D eigenvalue weighted by Crippen LogP contribution is 2.32. The second-order valence-electron chi connectivity index (χ2n) is 2.99. The third-order valence-corrected chi connectivity index (χ3v) is 2.30. The van der Waals surface area contributed by atoms with Gasteiger partial charge in [0.1, 0.15) is 13.4 Å². The SMILES string of the molecule is [2H]c1c([2H])c([2H])c2c(oc3c([2H])c([B])c([2H])c([2H])c32)c1Cl. The van der Waals surface area contributed by atoms with Crippen LogP contribution in [0.4, 0.5) is 0 Å². The zero-order chi connectivity index (χ0) is 15.6. The van der Waals surface area contributed by atoms with Crippen LogP contribution in [0.5, 0.6) is 0 Å². The molecule has 0 unspecified atom stereocenters. The Balaban J connectivity index is 2.73. The Morgan fingerprint density at radius 3 is 2.93 bits per heavy atom. The van der Waals surface area contributed by atoms with Crippen LogP contribution in [0.15, 0.2) is 40.7 Å². The zero-order valence-corrected chi connectivity index (χ0v) is 8.12. The van der Waals surface area contributed by atoms with Crippen molar-refractivity contribution in [3.63, 3.8) is 0 Å². The van der Waals surface area contributed by atoms with E-state index in [-0.39, 0.29) is 62.6 Å². The van der Waals surface area contributed by atoms with E-state index in [0.717, 1.165) is 0 Å². The highest BCUT2D eigenvalue weighted by atomic mass is 35.5. The van der Waals surface area contributed by atoms with Gasteiger partial charge < -0.3 is 4.42 Å². The third kappa shape index (κ3) is 1.25. The number of fused-ring (bicyclic) bond motifs is 3. The fourth-order valence-electron chi connectivity index (χ4n) is 1.40. The average molecular weight is 218 g/mol. The molecule has 0 N–H and O–H groups in total. The van der Waals surface area contributed by atoms with Gasteiger partial charge in [0, 0.05) is 10.8 Å². The van der Waals surface area contributed by atoms with Crippen LogP contribution in [0, 0.1) is 0 Å². The lowest BCUT2D eigenvalue weighted by molar-refractivity contribution is 0.669. The van der Waals surface area contributed by atoms with Crippen LogP contribution in [0.1, 0.15) is 8.22 Å². The maximum Gasteiger partial charge on any atom is 0.153 e. The van der Waals surface area contributed by atoms with Crippen molar-refractivity contribution >= 4 is 46.8 Å². The maximum absolute atomic E-state index is 7.97. The maximum atomic E-state index is 7.97. The molecule has 1 nitrogen and oxygen atoms in total. The molecular formula is C12H6BClO. The van der Waals surface area contributed by atoms with E-state index in [4.69, 9.17) is 32.1 Å². The molecule has 0 aliphatic carbocycles. The van der Waals surface area contributed by atoms with Gasteiger partial charge in [0.15, 0.2) is 5.58 Å². The molecule has 0 fully saturated rings. The molecule has 0 saturated carbocycles. The van der Waals surface area contributed by atoms with Gasteiger partial charge in [-0.3, -0.25) is 0 Å². The van der Waals surface area contributed by atoms with Crippen LogP contribution in [0.2, 0.25) is 5.02 Å². The monoisotopic (exact) mass is 218 g/mol. The second-order valence-corrected chi connectivity index (χ2v) is 3.37. The molecule has 1 heterocycles. The van der Waals surface area contributed by atoms with Crippen LogP contribution in [-0.4, -0.2) is 7.85 Å². The van der Waals surface area contributed by atoms with Crippen LogP contribution in [0.3, 0.4) is 0 Å². The van der Waals surface area contributed by atoms with Crippen LogP contribution < -0.4 is 5.46 Å². The summed E-state index contributed by atoms with van der Waals surface area (Å²) in [4.78, 5) is 0. The van der Waals surface area contributed by atoms with E-state index < -0.39 is 6.04 Å². The first-order valence-corrected chi connectivity index (χ1v) is 4.51. The van der Waals surface area contributed by atoms with Crippen molar-refractivity contribution < 1.29 is 12.6 Å². The van der Waals surface area contributed by atoms with Gasteiger partial charge in [-0.2, -0.15) is 0 Å². The topological polar surface area (TPSA) is 13.1 Å². The Morgan fingerprint density at radius 2 is 2.07 bits per heavy atom. The predicted octanol–water partition coefficient (Wildman–Crippen LogP) is 3.03. The average Bonchev–Trinajstić information content (AvgIpc) is 2.87. The summed E-state index contributed by atoms with van der Waals surface area (Å²) in [5.41, 5.74) is -0.306. The summed E-state index contributed by atoms with van der Waals surface area (Å²) in [6.07, 6.45) is 0. The first-order chi connectivity index (χ1) is 9.77. The smallest absolute Gasteiger partial charge is 0.153 e.